The maximum absolute atomic E-state index is 12.7. The van der Waals surface area contributed by atoms with Gasteiger partial charge in [0.25, 0.3) is 0 Å². The number of nitrogens with zero attached hydrogens (tertiary/aromatic N) is 1. The molecule has 2 unspecified atom stereocenters. The summed E-state index contributed by atoms with van der Waals surface area (Å²) in [6.07, 6.45) is 7.71. The van der Waals surface area contributed by atoms with Crippen molar-refractivity contribution in [3.05, 3.63) is 48.0 Å². The first-order valence-corrected chi connectivity index (χ1v) is 8.68. The van der Waals surface area contributed by atoms with Crippen LogP contribution in [-0.2, 0) is 9.53 Å². The third-order valence-electron chi connectivity index (χ3n) is 4.70. The average Bonchev–Trinajstić information content (AvgIpc) is 2.57. The fourth-order valence-electron chi connectivity index (χ4n) is 2.97. The molecule has 0 saturated heterocycles. The molecule has 1 aliphatic rings. The van der Waals surface area contributed by atoms with E-state index < -0.39 is 0 Å². The van der Waals surface area contributed by atoms with Gasteiger partial charge < -0.3 is 9.64 Å². The van der Waals surface area contributed by atoms with Gasteiger partial charge in [0.1, 0.15) is 6.61 Å². The Morgan fingerprint density at radius 2 is 2.04 bits per heavy atom. The number of hydrogen-bond acceptors (Lipinski definition) is 3. The minimum Gasteiger partial charge on any atom is -0.464 e. The number of hydrogen-bond donors (Lipinski definition) is 0. The second-order valence-electron chi connectivity index (χ2n) is 6.65. The molecule has 1 aromatic rings. The maximum Gasteiger partial charge on any atom is 0.314 e. The van der Waals surface area contributed by atoms with Crippen LogP contribution in [0.2, 0.25) is 0 Å². The Labute approximate surface area is 140 Å². The van der Waals surface area contributed by atoms with Crippen molar-refractivity contribution in [2.24, 2.45) is 5.92 Å². The van der Waals surface area contributed by atoms with Crippen molar-refractivity contribution in [1.82, 2.24) is 4.90 Å². The van der Waals surface area contributed by atoms with Crippen molar-refractivity contribution < 1.29 is 9.53 Å². The van der Waals surface area contributed by atoms with Gasteiger partial charge in [-0.1, -0.05) is 42.5 Å². The molecule has 1 aliphatic carbocycles. The highest BCUT2D eigenvalue weighted by Gasteiger charge is 2.30. The van der Waals surface area contributed by atoms with Gasteiger partial charge in [-0.3, -0.25) is 4.79 Å². The number of rotatable bonds is 7. The largest absolute Gasteiger partial charge is 0.464 e. The van der Waals surface area contributed by atoms with E-state index in [-0.39, 0.29) is 17.8 Å². The van der Waals surface area contributed by atoms with Gasteiger partial charge in [0.15, 0.2) is 0 Å². The first kappa shape index (κ1) is 17.7. The van der Waals surface area contributed by atoms with E-state index in [1.807, 2.05) is 30.3 Å². The van der Waals surface area contributed by atoms with Gasteiger partial charge in [0.2, 0.25) is 0 Å². The Morgan fingerprint density at radius 3 is 2.65 bits per heavy atom. The normalized spacial score (nSPS) is 19.1. The predicted molar refractivity (Wildman–Crippen MR) is 94.4 cm³/mol. The Balaban J connectivity index is 2.03. The van der Waals surface area contributed by atoms with Crippen LogP contribution in [0, 0.1) is 5.92 Å². The molecule has 0 radical (unpaired) electrons. The van der Waals surface area contributed by atoms with Crippen LogP contribution in [-0.4, -0.2) is 37.1 Å². The third kappa shape index (κ3) is 5.21. The Kier molecular flexibility index (Phi) is 6.85. The molecule has 0 amide bonds. The van der Waals surface area contributed by atoms with Crippen molar-refractivity contribution in [2.75, 3.05) is 20.2 Å². The molecule has 0 N–H and O–H groups in total. The molecule has 0 aromatic heterocycles. The van der Waals surface area contributed by atoms with Crippen molar-refractivity contribution in [2.45, 2.75) is 45.1 Å². The molecule has 23 heavy (non-hydrogen) atoms. The molecule has 0 fully saturated rings. The van der Waals surface area contributed by atoms with Crippen LogP contribution in [0.1, 0.15) is 44.6 Å². The quantitative estimate of drug-likeness (QED) is 0.562. The van der Waals surface area contributed by atoms with E-state index in [0.29, 0.717) is 12.6 Å². The van der Waals surface area contributed by atoms with Gasteiger partial charge in [0.05, 0.1) is 5.92 Å². The van der Waals surface area contributed by atoms with Gasteiger partial charge in [-0.2, -0.15) is 0 Å². The minimum atomic E-state index is -0.183. The summed E-state index contributed by atoms with van der Waals surface area (Å²) in [5.41, 5.74) is 1.06. The highest BCUT2D eigenvalue weighted by atomic mass is 16.5. The summed E-state index contributed by atoms with van der Waals surface area (Å²) in [6.45, 7) is 5.50. The zero-order valence-corrected chi connectivity index (χ0v) is 14.6. The first-order chi connectivity index (χ1) is 11.1. The second kappa shape index (κ2) is 8.88. The van der Waals surface area contributed by atoms with E-state index in [1.54, 1.807) is 0 Å². The van der Waals surface area contributed by atoms with Crippen LogP contribution >= 0.6 is 0 Å². The van der Waals surface area contributed by atoms with Crippen LogP contribution < -0.4 is 0 Å². The number of likely N-dealkylation sites (N-methyl/N-ethyl adjacent to an activating group) is 1. The van der Waals surface area contributed by atoms with Crippen molar-refractivity contribution >= 4 is 5.97 Å². The Hall–Kier alpha value is -1.61. The smallest absolute Gasteiger partial charge is 0.314 e. The molecular weight excluding hydrogens is 286 g/mol. The van der Waals surface area contributed by atoms with Crippen molar-refractivity contribution in [3.63, 3.8) is 0 Å². The van der Waals surface area contributed by atoms with Crippen LogP contribution in [0.4, 0.5) is 0 Å². The van der Waals surface area contributed by atoms with Crippen molar-refractivity contribution in [3.8, 4) is 0 Å². The van der Waals surface area contributed by atoms with Gasteiger partial charge in [0, 0.05) is 12.6 Å². The van der Waals surface area contributed by atoms with Crippen LogP contribution in [0.15, 0.2) is 42.5 Å². The molecule has 0 aliphatic heterocycles. The van der Waals surface area contributed by atoms with E-state index >= 15 is 0 Å². The standard InChI is InChI=1S/C20H29NO2/c1-16(2)21(3)14-15-23-20(22)19(17-10-6-4-7-11-17)18-12-8-5-9-13-18/h4,6-8,10-12,16,18-19H,5,9,13-15H2,1-3H3. The fraction of sp³-hybridized carbons (Fsp3) is 0.550. The predicted octanol–water partition coefficient (Wildman–Crippen LogP) is 4.01. The summed E-state index contributed by atoms with van der Waals surface area (Å²) < 4.78 is 5.62. The summed E-state index contributed by atoms with van der Waals surface area (Å²) >= 11 is 0. The van der Waals surface area contributed by atoms with E-state index in [1.165, 1.54) is 0 Å². The molecule has 0 heterocycles. The lowest BCUT2D eigenvalue weighted by Crippen LogP contribution is -2.32. The number of ether oxygens (including phenoxy) is 1. The molecule has 0 bridgehead atoms. The van der Waals surface area contributed by atoms with E-state index in [9.17, 15) is 4.79 Å². The number of esters is 1. The Bertz CT molecular complexity index is 510. The molecule has 2 atom stereocenters. The molecule has 1 aromatic carbocycles. The molecule has 0 saturated carbocycles. The lowest BCUT2D eigenvalue weighted by atomic mass is 9.80. The zero-order chi connectivity index (χ0) is 16.7. The van der Waals surface area contributed by atoms with Crippen LogP contribution in [0.25, 0.3) is 0 Å². The number of carbonyl (C=O) groups excluding carboxylic acids is 1. The number of allylic oxidation sites excluding steroid dienone is 2. The van der Waals surface area contributed by atoms with Gasteiger partial charge in [-0.25, -0.2) is 0 Å². The van der Waals surface area contributed by atoms with E-state index in [4.69, 9.17) is 4.74 Å². The lowest BCUT2D eigenvalue weighted by molar-refractivity contribution is -0.147. The fourth-order valence-corrected chi connectivity index (χ4v) is 2.97. The molecule has 3 nitrogen and oxygen atoms in total. The minimum absolute atomic E-state index is 0.0927. The molecular formula is C20H29NO2. The lowest BCUT2D eigenvalue weighted by Gasteiger charge is -2.26. The summed E-state index contributed by atoms with van der Waals surface area (Å²) in [4.78, 5) is 14.9. The Morgan fingerprint density at radius 1 is 1.30 bits per heavy atom. The molecule has 0 spiro atoms. The van der Waals surface area contributed by atoms with Gasteiger partial charge in [-0.05, 0) is 51.6 Å². The van der Waals surface area contributed by atoms with Crippen molar-refractivity contribution in [1.29, 1.82) is 0 Å². The van der Waals surface area contributed by atoms with Gasteiger partial charge >= 0.3 is 5.97 Å². The van der Waals surface area contributed by atoms with E-state index in [2.05, 4.69) is 37.9 Å². The van der Waals surface area contributed by atoms with Gasteiger partial charge in [-0.15, -0.1) is 0 Å². The number of carbonyl (C=O) groups is 1. The first-order valence-electron chi connectivity index (χ1n) is 8.68. The van der Waals surface area contributed by atoms with E-state index in [0.717, 1.165) is 31.4 Å². The molecule has 2 rings (SSSR count). The summed E-state index contributed by atoms with van der Waals surface area (Å²) in [5, 5.41) is 0. The second-order valence-corrected chi connectivity index (χ2v) is 6.65. The zero-order valence-electron chi connectivity index (χ0n) is 14.6. The highest BCUT2D eigenvalue weighted by molar-refractivity contribution is 5.79. The molecule has 126 valence electrons. The molecule has 3 heteroatoms. The summed E-state index contributed by atoms with van der Waals surface area (Å²) in [5.74, 6) is -0.0245. The third-order valence-corrected chi connectivity index (χ3v) is 4.70. The summed E-state index contributed by atoms with van der Waals surface area (Å²) in [7, 11) is 2.05. The monoisotopic (exact) mass is 315 g/mol. The topological polar surface area (TPSA) is 29.5 Å². The van der Waals surface area contributed by atoms with Crippen LogP contribution in [0.5, 0.6) is 0 Å². The maximum atomic E-state index is 12.7. The average molecular weight is 315 g/mol. The highest BCUT2D eigenvalue weighted by Crippen LogP contribution is 2.33. The van der Waals surface area contributed by atoms with Crippen LogP contribution in [0.3, 0.4) is 0 Å². The number of benzene rings is 1. The SMILES string of the molecule is CC(C)N(C)CCOC(=O)C(c1ccccc1)C1C=CCCC1. The summed E-state index contributed by atoms with van der Waals surface area (Å²) in [6, 6.07) is 10.5.